The number of aliphatic hydroxyl groups is 1. The van der Waals surface area contributed by atoms with Crippen LogP contribution in [0.25, 0.3) is 0 Å². The lowest BCUT2D eigenvalue weighted by Crippen LogP contribution is -2.36. The Labute approximate surface area is 118 Å². The fraction of sp³-hybridized carbons (Fsp3) is 0.533. The highest BCUT2D eigenvalue weighted by Gasteiger charge is 2.25. The van der Waals surface area contributed by atoms with E-state index in [2.05, 4.69) is 24.4 Å². The summed E-state index contributed by atoms with van der Waals surface area (Å²) in [5, 5.41) is 12.5. The smallest absolute Gasteiger partial charge is 0.233 e. The molecule has 1 amide bonds. The molecule has 0 saturated carbocycles. The lowest BCUT2D eigenvalue weighted by Gasteiger charge is -2.19. The van der Waals surface area contributed by atoms with Crippen molar-refractivity contribution >= 4 is 17.7 Å². The van der Waals surface area contributed by atoms with Gasteiger partial charge in [-0.05, 0) is 36.1 Å². The highest BCUT2D eigenvalue weighted by molar-refractivity contribution is 8.00. The van der Waals surface area contributed by atoms with Crippen LogP contribution in [0.2, 0.25) is 0 Å². The van der Waals surface area contributed by atoms with E-state index < -0.39 is 0 Å². The van der Waals surface area contributed by atoms with Crippen LogP contribution in [0.4, 0.5) is 0 Å². The Balaban J connectivity index is 2.00. The summed E-state index contributed by atoms with van der Waals surface area (Å²) < 4.78 is 0. The summed E-state index contributed by atoms with van der Waals surface area (Å²) in [7, 11) is 0. The number of amides is 1. The number of carbonyl (C=O) groups is 1. The van der Waals surface area contributed by atoms with Crippen LogP contribution < -0.4 is 5.32 Å². The van der Waals surface area contributed by atoms with Crippen molar-refractivity contribution < 1.29 is 9.90 Å². The first-order valence-corrected chi connectivity index (χ1v) is 7.91. The second kappa shape index (κ2) is 6.96. The first-order chi connectivity index (χ1) is 9.24. The zero-order valence-corrected chi connectivity index (χ0v) is 12.1. The molecule has 0 radical (unpaired) electrons. The van der Waals surface area contributed by atoms with E-state index in [1.807, 2.05) is 12.1 Å². The molecule has 2 unspecified atom stereocenters. The third-order valence-electron chi connectivity index (χ3n) is 3.51. The van der Waals surface area contributed by atoms with Crippen molar-refractivity contribution in [1.82, 2.24) is 5.32 Å². The van der Waals surface area contributed by atoms with Gasteiger partial charge < -0.3 is 10.4 Å². The number of aliphatic hydroxyl groups excluding tert-OH is 1. The molecule has 0 bridgehead atoms. The maximum Gasteiger partial charge on any atom is 0.233 e. The molecule has 1 aliphatic rings. The molecule has 104 valence electrons. The molecule has 0 spiro atoms. The molecule has 1 aromatic rings. The fourth-order valence-electron chi connectivity index (χ4n) is 2.27. The molecule has 1 heterocycles. The van der Waals surface area contributed by atoms with Crippen LogP contribution in [0, 0.1) is 0 Å². The molecular formula is C15H21NO2S. The first-order valence-electron chi connectivity index (χ1n) is 6.86. The molecule has 0 aromatic heterocycles. The van der Waals surface area contributed by atoms with Gasteiger partial charge in [0.1, 0.15) is 0 Å². The van der Waals surface area contributed by atoms with E-state index in [0.717, 1.165) is 30.6 Å². The normalized spacial score (nSPS) is 20.2. The van der Waals surface area contributed by atoms with Crippen molar-refractivity contribution in [3.63, 3.8) is 0 Å². The molecule has 2 atom stereocenters. The SMILES string of the molecule is CCc1ccc(C(CO)NC(=O)C2CCCS2)cc1. The van der Waals surface area contributed by atoms with Gasteiger partial charge in [-0.3, -0.25) is 4.79 Å². The fourth-order valence-corrected chi connectivity index (χ4v) is 3.44. The standard InChI is InChI=1S/C15H21NO2S/c1-2-11-5-7-12(8-6-11)13(10-17)16-15(18)14-4-3-9-19-14/h5-8,13-14,17H,2-4,9-10H2,1H3,(H,16,18). The molecule has 1 saturated heterocycles. The topological polar surface area (TPSA) is 49.3 Å². The molecule has 4 heteroatoms. The summed E-state index contributed by atoms with van der Waals surface area (Å²) in [6.45, 7) is 2.05. The number of rotatable bonds is 5. The van der Waals surface area contributed by atoms with Crippen molar-refractivity contribution in [3.05, 3.63) is 35.4 Å². The largest absolute Gasteiger partial charge is 0.394 e. The summed E-state index contributed by atoms with van der Waals surface area (Å²) in [4.78, 5) is 12.1. The van der Waals surface area contributed by atoms with Crippen molar-refractivity contribution in [2.45, 2.75) is 37.5 Å². The molecule has 3 nitrogen and oxygen atoms in total. The van der Waals surface area contributed by atoms with Gasteiger partial charge >= 0.3 is 0 Å². The van der Waals surface area contributed by atoms with E-state index in [4.69, 9.17) is 0 Å². The van der Waals surface area contributed by atoms with Crippen LogP contribution in [0.3, 0.4) is 0 Å². The van der Waals surface area contributed by atoms with Crippen LogP contribution >= 0.6 is 11.8 Å². The number of hydrogen-bond acceptors (Lipinski definition) is 3. The summed E-state index contributed by atoms with van der Waals surface area (Å²) in [6.07, 6.45) is 3.05. The maximum absolute atomic E-state index is 12.1. The summed E-state index contributed by atoms with van der Waals surface area (Å²) in [5.41, 5.74) is 2.23. The highest BCUT2D eigenvalue weighted by Crippen LogP contribution is 2.27. The average Bonchev–Trinajstić information content (AvgIpc) is 2.99. The second-order valence-electron chi connectivity index (χ2n) is 4.84. The quantitative estimate of drug-likeness (QED) is 0.869. The molecule has 2 rings (SSSR count). The molecule has 19 heavy (non-hydrogen) atoms. The second-order valence-corrected chi connectivity index (χ2v) is 6.15. The number of carbonyl (C=O) groups excluding carboxylic acids is 1. The van der Waals surface area contributed by atoms with Gasteiger partial charge in [-0.2, -0.15) is 0 Å². The average molecular weight is 279 g/mol. The van der Waals surface area contributed by atoms with Crippen molar-refractivity contribution in [2.75, 3.05) is 12.4 Å². The molecule has 1 aliphatic heterocycles. The number of aryl methyl sites for hydroxylation is 1. The molecule has 1 fully saturated rings. The van der Waals surface area contributed by atoms with E-state index in [-0.39, 0.29) is 23.8 Å². The van der Waals surface area contributed by atoms with Gasteiger partial charge in [0.25, 0.3) is 0 Å². The predicted molar refractivity (Wildman–Crippen MR) is 79.3 cm³/mol. The Morgan fingerprint density at radius 2 is 2.21 bits per heavy atom. The van der Waals surface area contributed by atoms with Crippen LogP contribution in [-0.4, -0.2) is 28.6 Å². The van der Waals surface area contributed by atoms with Gasteiger partial charge in [-0.25, -0.2) is 0 Å². The Morgan fingerprint density at radius 1 is 1.47 bits per heavy atom. The Bertz CT molecular complexity index is 413. The van der Waals surface area contributed by atoms with Gasteiger partial charge in [-0.1, -0.05) is 31.2 Å². The van der Waals surface area contributed by atoms with Gasteiger partial charge in [0.05, 0.1) is 17.9 Å². The van der Waals surface area contributed by atoms with E-state index in [0.29, 0.717) is 0 Å². The molecule has 0 aliphatic carbocycles. The van der Waals surface area contributed by atoms with Crippen molar-refractivity contribution in [3.8, 4) is 0 Å². The minimum atomic E-state index is -0.292. The van der Waals surface area contributed by atoms with Gasteiger partial charge in [0, 0.05) is 0 Å². The Morgan fingerprint density at radius 3 is 2.74 bits per heavy atom. The number of nitrogens with one attached hydrogen (secondary N) is 1. The lowest BCUT2D eigenvalue weighted by molar-refractivity contribution is -0.121. The van der Waals surface area contributed by atoms with Crippen molar-refractivity contribution in [2.24, 2.45) is 0 Å². The monoisotopic (exact) mass is 279 g/mol. The summed E-state index contributed by atoms with van der Waals surface area (Å²) in [5.74, 6) is 1.12. The first kappa shape index (κ1) is 14.4. The van der Waals surface area contributed by atoms with E-state index >= 15 is 0 Å². The minimum absolute atomic E-state index is 0.0566. The molecular weight excluding hydrogens is 258 g/mol. The zero-order chi connectivity index (χ0) is 13.7. The molecule has 1 aromatic carbocycles. The lowest BCUT2D eigenvalue weighted by atomic mass is 10.0. The number of hydrogen-bond donors (Lipinski definition) is 2. The van der Waals surface area contributed by atoms with Crippen LogP contribution in [-0.2, 0) is 11.2 Å². The zero-order valence-electron chi connectivity index (χ0n) is 11.3. The van der Waals surface area contributed by atoms with Gasteiger partial charge in [0.2, 0.25) is 5.91 Å². The van der Waals surface area contributed by atoms with E-state index in [1.165, 1.54) is 5.56 Å². The third kappa shape index (κ3) is 3.74. The maximum atomic E-state index is 12.1. The van der Waals surface area contributed by atoms with Crippen molar-refractivity contribution in [1.29, 1.82) is 0 Å². The highest BCUT2D eigenvalue weighted by atomic mass is 32.2. The Hall–Kier alpha value is -1.00. The van der Waals surface area contributed by atoms with E-state index in [9.17, 15) is 9.90 Å². The van der Waals surface area contributed by atoms with Crippen LogP contribution in [0.1, 0.15) is 36.9 Å². The summed E-state index contributed by atoms with van der Waals surface area (Å²) in [6, 6.07) is 7.78. The van der Waals surface area contributed by atoms with Crippen LogP contribution in [0.15, 0.2) is 24.3 Å². The number of benzene rings is 1. The van der Waals surface area contributed by atoms with E-state index in [1.54, 1.807) is 11.8 Å². The Kier molecular flexibility index (Phi) is 5.28. The molecule has 2 N–H and O–H groups in total. The third-order valence-corrected chi connectivity index (χ3v) is 4.89. The predicted octanol–water partition coefficient (Wildman–Crippen LogP) is 2.29. The van der Waals surface area contributed by atoms with Crippen LogP contribution in [0.5, 0.6) is 0 Å². The minimum Gasteiger partial charge on any atom is -0.394 e. The number of thioether (sulfide) groups is 1. The van der Waals surface area contributed by atoms with Gasteiger partial charge in [-0.15, -0.1) is 11.8 Å². The van der Waals surface area contributed by atoms with Gasteiger partial charge in [0.15, 0.2) is 0 Å². The summed E-state index contributed by atoms with van der Waals surface area (Å²) >= 11 is 1.71.